The number of rotatable bonds is 6. The van der Waals surface area contributed by atoms with Crippen molar-refractivity contribution in [3.8, 4) is 0 Å². The van der Waals surface area contributed by atoms with Gasteiger partial charge in [0, 0.05) is 24.5 Å². The van der Waals surface area contributed by atoms with Crippen molar-refractivity contribution in [3.05, 3.63) is 10.9 Å². The van der Waals surface area contributed by atoms with Gasteiger partial charge in [-0.1, -0.05) is 20.8 Å². The minimum Gasteiger partial charge on any atom is -0.357 e. The van der Waals surface area contributed by atoms with Crippen LogP contribution in [0, 0.1) is 5.92 Å². The molecule has 0 fully saturated rings. The van der Waals surface area contributed by atoms with E-state index in [-0.39, 0.29) is 0 Å². The Morgan fingerprint density at radius 1 is 1.24 bits per heavy atom. The van der Waals surface area contributed by atoms with E-state index in [2.05, 4.69) is 55.9 Å². The molecule has 0 aliphatic heterocycles. The molecule has 2 heterocycles. The molecule has 4 nitrogen and oxygen atoms in total. The molecule has 0 spiro atoms. The summed E-state index contributed by atoms with van der Waals surface area (Å²) in [5.74, 6) is 2.36. The van der Waals surface area contributed by atoms with E-state index in [9.17, 15) is 0 Å². The molecular formula is C16H26N4S. The molecule has 2 rings (SSSR count). The Labute approximate surface area is 131 Å². The Morgan fingerprint density at radius 3 is 2.48 bits per heavy atom. The van der Waals surface area contributed by atoms with Gasteiger partial charge in [-0.3, -0.25) is 0 Å². The number of thiophene rings is 1. The summed E-state index contributed by atoms with van der Waals surface area (Å²) in [6.45, 7) is 12.1. The monoisotopic (exact) mass is 306 g/mol. The molecule has 2 aromatic heterocycles. The number of anilines is 2. The van der Waals surface area contributed by atoms with Gasteiger partial charge in [0.2, 0.25) is 5.95 Å². The fourth-order valence-corrected chi connectivity index (χ4v) is 3.36. The minimum atomic E-state index is 0.417. The first-order valence-electron chi connectivity index (χ1n) is 7.71. The highest BCUT2D eigenvalue weighted by molar-refractivity contribution is 7.18. The molecule has 0 saturated carbocycles. The van der Waals surface area contributed by atoms with Crippen LogP contribution < -0.4 is 10.2 Å². The van der Waals surface area contributed by atoms with E-state index in [4.69, 9.17) is 4.98 Å². The molecule has 0 radical (unpaired) electrons. The third-order valence-electron chi connectivity index (χ3n) is 3.45. The zero-order valence-corrected chi connectivity index (χ0v) is 14.7. The summed E-state index contributed by atoms with van der Waals surface area (Å²) in [5, 5.41) is 4.28. The second kappa shape index (κ2) is 6.60. The van der Waals surface area contributed by atoms with Crippen LogP contribution in [0.1, 0.15) is 39.5 Å². The van der Waals surface area contributed by atoms with Gasteiger partial charge in [-0.25, -0.2) is 4.98 Å². The minimum absolute atomic E-state index is 0.417. The van der Waals surface area contributed by atoms with E-state index in [1.165, 1.54) is 10.3 Å². The summed E-state index contributed by atoms with van der Waals surface area (Å²) in [4.78, 5) is 14.2. The number of hydrogen-bond donors (Lipinski definition) is 1. The molecule has 0 aromatic carbocycles. The fourth-order valence-electron chi connectivity index (χ4n) is 2.40. The van der Waals surface area contributed by atoms with Gasteiger partial charge in [-0.2, -0.15) is 4.98 Å². The van der Waals surface area contributed by atoms with E-state index in [1.54, 1.807) is 11.3 Å². The topological polar surface area (TPSA) is 41.1 Å². The summed E-state index contributed by atoms with van der Waals surface area (Å²) < 4.78 is 0. The molecule has 0 atom stereocenters. The highest BCUT2D eigenvalue weighted by atomic mass is 32.1. The van der Waals surface area contributed by atoms with Crippen molar-refractivity contribution >= 4 is 33.3 Å². The van der Waals surface area contributed by atoms with Gasteiger partial charge in [-0.05, 0) is 32.3 Å². The van der Waals surface area contributed by atoms with Crippen LogP contribution in [0.15, 0.2) is 6.07 Å². The third-order valence-corrected chi connectivity index (χ3v) is 4.63. The molecule has 2 aromatic rings. The van der Waals surface area contributed by atoms with Gasteiger partial charge >= 0.3 is 0 Å². The summed E-state index contributed by atoms with van der Waals surface area (Å²) in [7, 11) is 1.88. The Kier molecular flexibility index (Phi) is 5.04. The highest BCUT2D eigenvalue weighted by Crippen LogP contribution is 2.33. The first kappa shape index (κ1) is 16.0. The maximum absolute atomic E-state index is 4.75. The van der Waals surface area contributed by atoms with Gasteiger partial charge in [0.1, 0.15) is 10.6 Å². The van der Waals surface area contributed by atoms with Crippen LogP contribution in [0.3, 0.4) is 0 Å². The van der Waals surface area contributed by atoms with E-state index >= 15 is 0 Å². The molecule has 0 bridgehead atoms. The van der Waals surface area contributed by atoms with Crippen molar-refractivity contribution in [2.75, 3.05) is 23.8 Å². The van der Waals surface area contributed by atoms with Crippen molar-refractivity contribution < 1.29 is 0 Å². The van der Waals surface area contributed by atoms with Crippen LogP contribution in [0.5, 0.6) is 0 Å². The molecule has 0 amide bonds. The third kappa shape index (κ3) is 3.46. The first-order chi connectivity index (χ1) is 9.96. The molecule has 0 aliphatic rings. The SMILES string of the molecule is CCc1cc2c(N(CC(C)C)C(C)C)nc(NC)nc2s1. The van der Waals surface area contributed by atoms with E-state index in [0.717, 1.165) is 23.6 Å². The highest BCUT2D eigenvalue weighted by Gasteiger charge is 2.19. The molecule has 5 heteroatoms. The Hall–Kier alpha value is -1.36. The number of aromatic nitrogens is 2. The molecule has 21 heavy (non-hydrogen) atoms. The Balaban J connectivity index is 2.60. The van der Waals surface area contributed by atoms with E-state index in [1.807, 2.05) is 7.05 Å². The van der Waals surface area contributed by atoms with E-state index < -0.39 is 0 Å². The van der Waals surface area contributed by atoms with Gasteiger partial charge < -0.3 is 10.2 Å². The smallest absolute Gasteiger partial charge is 0.225 e. The summed E-state index contributed by atoms with van der Waals surface area (Å²) in [5.41, 5.74) is 0. The van der Waals surface area contributed by atoms with Gasteiger partial charge in [0.15, 0.2) is 0 Å². The molecule has 0 aliphatic carbocycles. The van der Waals surface area contributed by atoms with Gasteiger partial charge in [0.05, 0.1) is 5.39 Å². The maximum atomic E-state index is 4.75. The lowest BCUT2D eigenvalue weighted by atomic mass is 10.1. The van der Waals surface area contributed by atoms with Crippen LogP contribution in [0.4, 0.5) is 11.8 Å². The van der Waals surface area contributed by atoms with E-state index in [0.29, 0.717) is 17.9 Å². The Bertz CT molecular complexity index is 604. The quantitative estimate of drug-likeness (QED) is 0.870. The molecule has 0 unspecified atom stereocenters. The van der Waals surface area contributed by atoms with Crippen molar-refractivity contribution in [3.63, 3.8) is 0 Å². The number of nitrogens with zero attached hydrogens (tertiary/aromatic N) is 3. The molecule has 0 saturated heterocycles. The van der Waals surface area contributed by atoms with Crippen molar-refractivity contribution in [2.45, 2.75) is 47.1 Å². The van der Waals surface area contributed by atoms with Crippen molar-refractivity contribution in [2.24, 2.45) is 5.92 Å². The lowest BCUT2D eigenvalue weighted by Crippen LogP contribution is -2.35. The number of fused-ring (bicyclic) bond motifs is 1. The zero-order valence-electron chi connectivity index (χ0n) is 13.9. The average Bonchev–Trinajstić information content (AvgIpc) is 2.86. The summed E-state index contributed by atoms with van der Waals surface area (Å²) in [6.07, 6.45) is 1.04. The Morgan fingerprint density at radius 2 is 1.95 bits per heavy atom. The van der Waals surface area contributed by atoms with Crippen LogP contribution in [-0.2, 0) is 6.42 Å². The van der Waals surface area contributed by atoms with Crippen LogP contribution in [-0.4, -0.2) is 29.6 Å². The van der Waals surface area contributed by atoms with Crippen LogP contribution in [0.2, 0.25) is 0 Å². The average molecular weight is 306 g/mol. The van der Waals surface area contributed by atoms with Gasteiger partial charge in [0.25, 0.3) is 0 Å². The molecule has 116 valence electrons. The van der Waals surface area contributed by atoms with Crippen molar-refractivity contribution in [1.29, 1.82) is 0 Å². The van der Waals surface area contributed by atoms with Crippen LogP contribution in [0.25, 0.3) is 10.2 Å². The first-order valence-corrected chi connectivity index (χ1v) is 8.52. The van der Waals surface area contributed by atoms with Gasteiger partial charge in [-0.15, -0.1) is 11.3 Å². The number of aryl methyl sites for hydroxylation is 1. The maximum Gasteiger partial charge on any atom is 0.225 e. The van der Waals surface area contributed by atoms with Crippen LogP contribution >= 0.6 is 11.3 Å². The normalized spacial score (nSPS) is 11.6. The lowest BCUT2D eigenvalue weighted by Gasteiger charge is -2.30. The standard InChI is InChI=1S/C16H26N4S/c1-7-12-8-13-14(20(11(4)5)9-10(2)3)18-16(17-6)19-15(13)21-12/h8,10-11H,7,9H2,1-6H3,(H,17,18,19). The molecular weight excluding hydrogens is 280 g/mol. The summed E-state index contributed by atoms with van der Waals surface area (Å²) >= 11 is 1.77. The van der Waals surface area contributed by atoms with Crippen molar-refractivity contribution in [1.82, 2.24) is 9.97 Å². The number of nitrogens with one attached hydrogen (secondary N) is 1. The fraction of sp³-hybridized carbons (Fsp3) is 0.625. The largest absolute Gasteiger partial charge is 0.357 e. The second-order valence-electron chi connectivity index (χ2n) is 6.05. The lowest BCUT2D eigenvalue weighted by molar-refractivity contribution is 0.567. The molecule has 1 N–H and O–H groups in total. The predicted molar refractivity (Wildman–Crippen MR) is 93.7 cm³/mol. The summed E-state index contributed by atoms with van der Waals surface area (Å²) in [6, 6.07) is 2.67. The second-order valence-corrected chi connectivity index (χ2v) is 7.16. The number of hydrogen-bond acceptors (Lipinski definition) is 5. The zero-order chi connectivity index (χ0) is 15.6. The predicted octanol–water partition coefficient (Wildman–Crippen LogP) is 4.17.